The maximum absolute atomic E-state index is 12.5. The van der Waals surface area contributed by atoms with E-state index in [0.29, 0.717) is 5.56 Å². The molecular formula is C16H11F6N3O2. The lowest BCUT2D eigenvalue weighted by atomic mass is 10.1. The Labute approximate surface area is 149 Å². The van der Waals surface area contributed by atoms with E-state index in [0.717, 1.165) is 4.90 Å². The highest BCUT2D eigenvalue weighted by molar-refractivity contribution is 5.77. The number of amides is 1. The first kappa shape index (κ1) is 20.3. The fourth-order valence-electron chi connectivity index (χ4n) is 2.06. The van der Waals surface area contributed by atoms with Gasteiger partial charge in [0, 0.05) is 12.1 Å². The SMILES string of the molecule is C#CCN(Cc1ccc(-c2noc(C(F)(F)F)n2)cc1)C(=O)CC(F)(F)F. The Hall–Kier alpha value is -3.03. The van der Waals surface area contributed by atoms with Crippen molar-refractivity contribution in [2.45, 2.75) is 25.3 Å². The molecule has 2 aromatic rings. The quantitative estimate of drug-likeness (QED) is 0.577. The third-order valence-corrected chi connectivity index (χ3v) is 3.24. The summed E-state index contributed by atoms with van der Waals surface area (Å²) < 4.78 is 78.6. The van der Waals surface area contributed by atoms with Gasteiger partial charge in [0.25, 0.3) is 0 Å². The van der Waals surface area contributed by atoms with E-state index in [1.54, 1.807) is 0 Å². The molecule has 5 nitrogen and oxygen atoms in total. The molecule has 0 spiro atoms. The number of nitrogens with zero attached hydrogens (tertiary/aromatic N) is 3. The van der Waals surface area contributed by atoms with Crippen LogP contribution in [0.15, 0.2) is 28.8 Å². The lowest BCUT2D eigenvalue weighted by Gasteiger charge is -2.21. The maximum Gasteiger partial charge on any atom is 0.471 e. The summed E-state index contributed by atoms with van der Waals surface area (Å²) >= 11 is 0. The van der Waals surface area contributed by atoms with E-state index in [2.05, 4.69) is 20.6 Å². The minimum Gasteiger partial charge on any atom is -0.329 e. The second-order valence-corrected chi connectivity index (χ2v) is 5.36. The topological polar surface area (TPSA) is 59.2 Å². The van der Waals surface area contributed by atoms with Crippen molar-refractivity contribution in [1.82, 2.24) is 15.0 Å². The molecule has 11 heteroatoms. The number of benzene rings is 1. The van der Waals surface area contributed by atoms with Crippen molar-refractivity contribution in [2.24, 2.45) is 0 Å². The largest absolute Gasteiger partial charge is 0.471 e. The van der Waals surface area contributed by atoms with E-state index in [4.69, 9.17) is 6.42 Å². The first-order valence-electron chi connectivity index (χ1n) is 7.28. The van der Waals surface area contributed by atoms with E-state index in [1.165, 1.54) is 24.3 Å². The zero-order valence-electron chi connectivity index (χ0n) is 13.4. The molecule has 1 aromatic carbocycles. The Morgan fingerprint density at radius 2 is 1.78 bits per heavy atom. The minimum absolute atomic E-state index is 0.195. The highest BCUT2D eigenvalue weighted by Crippen LogP contribution is 2.29. The molecule has 0 saturated heterocycles. The molecule has 0 atom stereocenters. The van der Waals surface area contributed by atoms with E-state index in [9.17, 15) is 31.1 Å². The maximum atomic E-state index is 12.5. The molecule has 2 rings (SSSR count). The lowest BCUT2D eigenvalue weighted by molar-refractivity contribution is -0.161. The molecule has 0 aliphatic heterocycles. The molecule has 0 aliphatic rings. The van der Waals surface area contributed by atoms with Gasteiger partial charge in [-0.15, -0.1) is 6.42 Å². The minimum atomic E-state index is -4.78. The van der Waals surface area contributed by atoms with Crippen molar-refractivity contribution in [3.05, 3.63) is 35.7 Å². The van der Waals surface area contributed by atoms with Gasteiger partial charge in [0.1, 0.15) is 6.42 Å². The number of halogens is 6. The molecule has 0 unspecified atom stereocenters. The summed E-state index contributed by atoms with van der Waals surface area (Å²) in [6.45, 7) is -0.518. The van der Waals surface area contributed by atoms with E-state index < -0.39 is 30.6 Å². The zero-order chi connectivity index (χ0) is 20.2. The molecular weight excluding hydrogens is 380 g/mol. The Kier molecular flexibility index (Phi) is 5.78. The van der Waals surface area contributed by atoms with Crippen molar-refractivity contribution in [3.63, 3.8) is 0 Å². The predicted molar refractivity (Wildman–Crippen MR) is 79.7 cm³/mol. The van der Waals surface area contributed by atoms with Crippen LogP contribution in [0.2, 0.25) is 0 Å². The summed E-state index contributed by atoms with van der Waals surface area (Å²) in [6, 6.07) is 5.51. The summed E-state index contributed by atoms with van der Waals surface area (Å²) in [5, 5.41) is 3.22. The van der Waals surface area contributed by atoms with Crippen LogP contribution in [0, 0.1) is 12.3 Å². The van der Waals surface area contributed by atoms with Gasteiger partial charge >= 0.3 is 18.2 Å². The summed E-state index contributed by atoms with van der Waals surface area (Å²) in [5.41, 5.74) is 0.618. The van der Waals surface area contributed by atoms with Gasteiger partial charge in [-0.1, -0.05) is 35.3 Å². The molecule has 0 aliphatic carbocycles. The van der Waals surface area contributed by atoms with Gasteiger partial charge < -0.3 is 9.42 Å². The monoisotopic (exact) mass is 391 g/mol. The van der Waals surface area contributed by atoms with Crippen LogP contribution in [0.4, 0.5) is 26.3 Å². The van der Waals surface area contributed by atoms with Crippen LogP contribution in [0.5, 0.6) is 0 Å². The van der Waals surface area contributed by atoms with Crippen LogP contribution in [0.3, 0.4) is 0 Å². The van der Waals surface area contributed by atoms with E-state index >= 15 is 0 Å². The fraction of sp³-hybridized carbons (Fsp3) is 0.312. The molecule has 0 N–H and O–H groups in total. The third kappa shape index (κ3) is 5.73. The normalized spacial score (nSPS) is 11.9. The van der Waals surface area contributed by atoms with Crippen molar-refractivity contribution < 1.29 is 35.7 Å². The summed E-state index contributed by atoms with van der Waals surface area (Å²) in [4.78, 5) is 15.8. The molecule has 1 heterocycles. The second-order valence-electron chi connectivity index (χ2n) is 5.36. The van der Waals surface area contributed by atoms with Crippen LogP contribution in [-0.2, 0) is 17.5 Å². The first-order chi connectivity index (χ1) is 12.5. The van der Waals surface area contributed by atoms with Gasteiger partial charge in [-0.25, -0.2) is 0 Å². The van der Waals surface area contributed by atoms with Crippen LogP contribution in [0.1, 0.15) is 17.9 Å². The molecule has 0 fully saturated rings. The van der Waals surface area contributed by atoms with Crippen molar-refractivity contribution >= 4 is 5.91 Å². The van der Waals surface area contributed by atoms with Gasteiger partial charge in [0.05, 0.1) is 6.54 Å². The van der Waals surface area contributed by atoms with E-state index in [1.807, 2.05) is 0 Å². The van der Waals surface area contributed by atoms with Crippen LogP contribution in [0.25, 0.3) is 11.4 Å². The highest BCUT2D eigenvalue weighted by atomic mass is 19.4. The Bertz CT molecular complexity index is 834. The number of hydrogen-bond acceptors (Lipinski definition) is 4. The van der Waals surface area contributed by atoms with Gasteiger partial charge in [0.2, 0.25) is 11.7 Å². The number of alkyl halides is 6. The second kappa shape index (κ2) is 7.69. The number of carbonyl (C=O) groups excluding carboxylic acids is 1. The smallest absolute Gasteiger partial charge is 0.329 e. The van der Waals surface area contributed by atoms with E-state index in [-0.39, 0.29) is 24.5 Å². The third-order valence-electron chi connectivity index (χ3n) is 3.24. The van der Waals surface area contributed by atoms with Gasteiger partial charge in [-0.2, -0.15) is 31.3 Å². The standard InChI is InChI=1S/C16H11F6N3O2/c1-2-7-25(12(26)8-15(17,18)19)9-10-3-5-11(6-4-10)13-23-14(27-24-13)16(20,21)22/h1,3-6H,7-9H2. The Morgan fingerprint density at radius 1 is 1.15 bits per heavy atom. The number of terminal acetylenes is 1. The highest BCUT2D eigenvalue weighted by Gasteiger charge is 2.38. The van der Waals surface area contributed by atoms with Crippen LogP contribution >= 0.6 is 0 Å². The van der Waals surface area contributed by atoms with Crippen molar-refractivity contribution in [1.29, 1.82) is 0 Å². The average molecular weight is 391 g/mol. The predicted octanol–water partition coefficient (Wildman–Crippen LogP) is 3.67. The molecule has 1 aromatic heterocycles. The van der Waals surface area contributed by atoms with Gasteiger partial charge in [0.15, 0.2) is 0 Å². The Balaban J connectivity index is 2.12. The summed E-state index contributed by atoms with van der Waals surface area (Å²) in [7, 11) is 0. The molecule has 0 radical (unpaired) electrons. The van der Waals surface area contributed by atoms with Gasteiger partial charge in [-0.3, -0.25) is 4.79 Å². The van der Waals surface area contributed by atoms with Crippen LogP contribution in [-0.4, -0.2) is 33.7 Å². The molecule has 27 heavy (non-hydrogen) atoms. The fourth-order valence-corrected chi connectivity index (χ4v) is 2.06. The number of aromatic nitrogens is 2. The molecule has 144 valence electrons. The average Bonchev–Trinajstić information content (AvgIpc) is 3.04. The number of hydrogen-bond donors (Lipinski definition) is 0. The summed E-state index contributed by atoms with van der Waals surface area (Å²) in [6.07, 6.45) is -6.01. The molecule has 0 bridgehead atoms. The lowest BCUT2D eigenvalue weighted by Crippen LogP contribution is -2.34. The zero-order valence-corrected chi connectivity index (χ0v) is 13.4. The van der Waals surface area contributed by atoms with Gasteiger partial charge in [-0.05, 0) is 5.56 Å². The number of carbonyl (C=O) groups is 1. The van der Waals surface area contributed by atoms with Crippen molar-refractivity contribution in [2.75, 3.05) is 6.54 Å². The molecule has 1 amide bonds. The van der Waals surface area contributed by atoms with Crippen LogP contribution < -0.4 is 0 Å². The van der Waals surface area contributed by atoms with Crippen molar-refractivity contribution in [3.8, 4) is 23.7 Å². The molecule has 0 saturated carbocycles. The number of rotatable bonds is 5. The first-order valence-corrected chi connectivity index (χ1v) is 7.28. The summed E-state index contributed by atoms with van der Waals surface area (Å²) in [5.74, 6) is -0.879. The Morgan fingerprint density at radius 3 is 2.26 bits per heavy atom.